The van der Waals surface area contributed by atoms with Crippen molar-refractivity contribution in [3.05, 3.63) is 71.1 Å². The minimum atomic E-state index is 0.214. The van der Waals surface area contributed by atoms with Crippen LogP contribution in [0.3, 0.4) is 0 Å². The van der Waals surface area contributed by atoms with Crippen molar-refractivity contribution >= 4 is 17.7 Å². The van der Waals surface area contributed by atoms with Crippen LogP contribution in [0.4, 0.5) is 5.69 Å². The van der Waals surface area contributed by atoms with E-state index in [-0.39, 0.29) is 6.61 Å². The van der Waals surface area contributed by atoms with Crippen molar-refractivity contribution in [2.24, 2.45) is 5.16 Å². The summed E-state index contributed by atoms with van der Waals surface area (Å²) in [5, 5.41) is 3.96. The number of oxime groups is 1. The molecule has 0 aliphatic rings. The molecule has 2 aromatic rings. The van der Waals surface area contributed by atoms with Crippen molar-refractivity contribution < 1.29 is 14.4 Å². The molecule has 0 aromatic heterocycles. The van der Waals surface area contributed by atoms with Gasteiger partial charge < -0.3 is 9.57 Å². The SMILES string of the molecule is [C-]#[N+]c1ccc(/C(COc2ccc(C=O)cc2)=N/OC)cc1. The van der Waals surface area contributed by atoms with Crippen molar-refractivity contribution in [2.75, 3.05) is 13.7 Å². The Morgan fingerprint density at radius 2 is 1.86 bits per heavy atom. The predicted molar refractivity (Wildman–Crippen MR) is 83.6 cm³/mol. The van der Waals surface area contributed by atoms with Crippen LogP contribution in [0.5, 0.6) is 5.75 Å². The van der Waals surface area contributed by atoms with Crippen molar-refractivity contribution in [1.82, 2.24) is 0 Å². The summed E-state index contributed by atoms with van der Waals surface area (Å²) < 4.78 is 5.64. The molecule has 0 spiro atoms. The largest absolute Gasteiger partial charge is 0.487 e. The number of carbonyl (C=O) groups excluding carboxylic acids is 1. The third-order valence-electron chi connectivity index (χ3n) is 2.92. The van der Waals surface area contributed by atoms with Gasteiger partial charge in [0.25, 0.3) is 0 Å². The van der Waals surface area contributed by atoms with Gasteiger partial charge in [0.2, 0.25) is 0 Å². The van der Waals surface area contributed by atoms with Gasteiger partial charge in [0, 0.05) is 11.1 Å². The average molecular weight is 294 g/mol. The van der Waals surface area contributed by atoms with E-state index >= 15 is 0 Å². The summed E-state index contributed by atoms with van der Waals surface area (Å²) in [5.41, 5.74) is 2.58. The number of carbonyl (C=O) groups is 1. The van der Waals surface area contributed by atoms with E-state index in [1.54, 1.807) is 48.5 Å². The molecule has 22 heavy (non-hydrogen) atoms. The second-order valence-electron chi connectivity index (χ2n) is 4.35. The molecule has 5 heteroatoms. The van der Waals surface area contributed by atoms with E-state index in [0.717, 1.165) is 11.8 Å². The molecule has 0 heterocycles. The van der Waals surface area contributed by atoms with Crippen molar-refractivity contribution in [3.63, 3.8) is 0 Å². The first-order valence-electron chi connectivity index (χ1n) is 6.53. The average Bonchev–Trinajstić information content (AvgIpc) is 2.59. The van der Waals surface area contributed by atoms with E-state index in [4.69, 9.17) is 16.1 Å². The van der Waals surface area contributed by atoms with E-state index < -0.39 is 0 Å². The number of nitrogens with zero attached hydrogens (tertiary/aromatic N) is 2. The first-order valence-corrected chi connectivity index (χ1v) is 6.53. The van der Waals surface area contributed by atoms with E-state index in [2.05, 4.69) is 10.0 Å². The molecule has 0 N–H and O–H groups in total. The molecule has 0 bridgehead atoms. The fourth-order valence-electron chi connectivity index (χ4n) is 1.80. The van der Waals surface area contributed by atoms with Gasteiger partial charge in [-0.1, -0.05) is 29.4 Å². The molecule has 2 rings (SSSR count). The zero-order chi connectivity index (χ0) is 15.8. The molecule has 5 nitrogen and oxygen atoms in total. The zero-order valence-corrected chi connectivity index (χ0v) is 12.0. The number of hydrogen-bond acceptors (Lipinski definition) is 4. The minimum absolute atomic E-state index is 0.214. The third-order valence-corrected chi connectivity index (χ3v) is 2.92. The van der Waals surface area contributed by atoms with Crippen LogP contribution in [-0.2, 0) is 4.84 Å². The number of hydrogen-bond donors (Lipinski definition) is 0. The maximum Gasteiger partial charge on any atom is 0.187 e. The van der Waals surface area contributed by atoms with Crippen LogP contribution in [0.15, 0.2) is 53.7 Å². The summed E-state index contributed by atoms with van der Waals surface area (Å²) in [4.78, 5) is 18.8. The molecule has 0 fully saturated rings. The lowest BCUT2D eigenvalue weighted by atomic mass is 10.1. The normalized spacial score (nSPS) is 10.6. The monoisotopic (exact) mass is 294 g/mol. The first kappa shape index (κ1) is 15.3. The summed E-state index contributed by atoms with van der Waals surface area (Å²) in [6.45, 7) is 7.16. The Morgan fingerprint density at radius 1 is 1.18 bits per heavy atom. The molecular weight excluding hydrogens is 280 g/mol. The zero-order valence-electron chi connectivity index (χ0n) is 12.0. The second-order valence-corrected chi connectivity index (χ2v) is 4.35. The fourth-order valence-corrected chi connectivity index (χ4v) is 1.80. The van der Waals surface area contributed by atoms with Gasteiger partial charge in [-0.05, 0) is 24.3 Å². The third kappa shape index (κ3) is 3.93. The molecule has 0 saturated carbocycles. The molecular formula is C17H14N2O3. The van der Waals surface area contributed by atoms with Gasteiger partial charge in [-0.2, -0.15) is 0 Å². The number of rotatable bonds is 6. The Bertz CT molecular complexity index is 698. The topological polar surface area (TPSA) is 52.2 Å². The van der Waals surface area contributed by atoms with Crippen LogP contribution in [0.25, 0.3) is 4.85 Å². The van der Waals surface area contributed by atoms with Crippen LogP contribution in [0.1, 0.15) is 15.9 Å². The van der Waals surface area contributed by atoms with Crippen LogP contribution in [-0.4, -0.2) is 25.7 Å². The Morgan fingerprint density at radius 3 is 2.41 bits per heavy atom. The highest BCUT2D eigenvalue weighted by Gasteiger charge is 2.06. The molecule has 110 valence electrons. The molecule has 2 aromatic carbocycles. The van der Waals surface area contributed by atoms with Gasteiger partial charge >= 0.3 is 0 Å². The lowest BCUT2D eigenvalue weighted by Crippen LogP contribution is -2.13. The molecule has 0 saturated heterocycles. The number of aldehydes is 1. The Balaban J connectivity index is 2.09. The van der Waals surface area contributed by atoms with Gasteiger partial charge in [0.15, 0.2) is 5.69 Å². The van der Waals surface area contributed by atoms with Crippen LogP contribution < -0.4 is 4.74 Å². The van der Waals surface area contributed by atoms with E-state index in [1.165, 1.54) is 7.11 Å². The van der Waals surface area contributed by atoms with Gasteiger partial charge in [-0.15, -0.1) is 0 Å². The molecule has 0 amide bonds. The maximum atomic E-state index is 10.6. The summed E-state index contributed by atoms with van der Waals surface area (Å²) in [6, 6.07) is 13.8. The lowest BCUT2D eigenvalue weighted by Gasteiger charge is -2.09. The first-order chi connectivity index (χ1) is 10.8. The minimum Gasteiger partial charge on any atom is -0.487 e. The maximum absolute atomic E-state index is 10.6. The van der Waals surface area contributed by atoms with Crippen molar-refractivity contribution in [2.45, 2.75) is 0 Å². The molecule has 0 radical (unpaired) electrons. The van der Waals surface area contributed by atoms with Gasteiger partial charge in [0.1, 0.15) is 31.5 Å². The predicted octanol–water partition coefficient (Wildman–Crippen LogP) is 3.48. The Hall–Kier alpha value is -3.13. The van der Waals surface area contributed by atoms with E-state index in [9.17, 15) is 4.79 Å². The summed E-state index contributed by atoms with van der Waals surface area (Å²) >= 11 is 0. The van der Waals surface area contributed by atoms with Crippen molar-refractivity contribution in [3.8, 4) is 5.75 Å². The standard InChI is InChI=1S/C17H14N2O3/c1-18-15-7-5-14(6-8-15)17(19-21-2)12-22-16-9-3-13(11-20)4-10-16/h3-11H,12H2,2H3/b19-17+. The smallest absolute Gasteiger partial charge is 0.187 e. The number of ether oxygens (including phenoxy) is 1. The van der Waals surface area contributed by atoms with Crippen molar-refractivity contribution in [1.29, 1.82) is 0 Å². The van der Waals surface area contributed by atoms with Crippen LogP contribution in [0, 0.1) is 6.57 Å². The molecule has 0 atom stereocenters. The van der Waals surface area contributed by atoms with Gasteiger partial charge in [0.05, 0.1) is 6.57 Å². The van der Waals surface area contributed by atoms with E-state index in [0.29, 0.717) is 22.7 Å². The lowest BCUT2D eigenvalue weighted by molar-refractivity contribution is 0.112. The summed E-state index contributed by atoms with van der Waals surface area (Å²) in [6.07, 6.45) is 0.778. The van der Waals surface area contributed by atoms with Gasteiger partial charge in [-0.25, -0.2) is 4.85 Å². The van der Waals surface area contributed by atoms with Crippen LogP contribution >= 0.6 is 0 Å². The molecule has 0 aliphatic heterocycles. The highest BCUT2D eigenvalue weighted by molar-refractivity contribution is 6.01. The Kier molecular flexibility index (Phi) is 5.27. The molecule has 0 unspecified atom stereocenters. The number of benzene rings is 2. The molecule has 0 aliphatic carbocycles. The highest BCUT2D eigenvalue weighted by atomic mass is 16.6. The summed E-state index contributed by atoms with van der Waals surface area (Å²) in [5.74, 6) is 0.632. The fraction of sp³-hybridized carbons (Fsp3) is 0.118. The van der Waals surface area contributed by atoms with Crippen LogP contribution in [0.2, 0.25) is 0 Å². The van der Waals surface area contributed by atoms with E-state index in [1.807, 2.05) is 0 Å². The Labute approximate surface area is 128 Å². The van der Waals surface area contributed by atoms with Gasteiger partial charge in [-0.3, -0.25) is 4.79 Å². The quantitative estimate of drug-likeness (QED) is 0.355. The summed E-state index contributed by atoms with van der Waals surface area (Å²) in [7, 11) is 1.46. The highest BCUT2D eigenvalue weighted by Crippen LogP contribution is 2.15. The second kappa shape index (κ2) is 7.60.